The smallest absolute Gasteiger partial charge is 0.330 e. The maximum atomic E-state index is 14.0. The van der Waals surface area contributed by atoms with Crippen molar-refractivity contribution in [2.75, 3.05) is 32.7 Å². The van der Waals surface area contributed by atoms with Crippen molar-refractivity contribution >= 4 is 16.2 Å². The quantitative estimate of drug-likeness (QED) is 0.112. The highest BCUT2D eigenvalue weighted by Gasteiger charge is 2.63. The van der Waals surface area contributed by atoms with Crippen molar-refractivity contribution < 1.29 is 21.9 Å². The standard InChI is InChI=1S/C35H65N3O5S/c1-24(2)32(43-44(40,41)42)12-9-25(3)28-10-11-29-33-30(14-16-35(28,29)5)34(4)15-13-26(21-27(34)22-31(33)39)23-38-20-8-19-37-18-7-6-17-36/h24-30,32-33,37-38H,6-23,36H2,1-5H3,(H,40,41,42)/t25?,26-,27+,28+,29?,30?,32+,33?,34-,35+/m0/s1. The van der Waals surface area contributed by atoms with Crippen LogP contribution in [-0.2, 0) is 19.4 Å². The Morgan fingerprint density at radius 3 is 2.32 bits per heavy atom. The lowest BCUT2D eigenvalue weighted by Gasteiger charge is -2.60. The first-order valence-electron chi connectivity index (χ1n) is 18.1. The minimum absolute atomic E-state index is 0.00449. The van der Waals surface area contributed by atoms with Gasteiger partial charge in [0.25, 0.3) is 0 Å². The van der Waals surface area contributed by atoms with Crippen molar-refractivity contribution in [3.05, 3.63) is 0 Å². The van der Waals surface area contributed by atoms with E-state index in [2.05, 4.69) is 31.4 Å². The van der Waals surface area contributed by atoms with Gasteiger partial charge in [-0.05, 0) is 162 Å². The van der Waals surface area contributed by atoms with Gasteiger partial charge in [-0.1, -0.05) is 34.6 Å². The number of nitrogens with one attached hydrogen (secondary N) is 2. The third-order valence-corrected chi connectivity index (χ3v) is 13.7. The molecule has 0 bridgehead atoms. The third kappa shape index (κ3) is 8.46. The number of Topliss-reactive ketones (excluding diaryl/α,β-unsaturated/α-hetero) is 1. The second kappa shape index (κ2) is 15.5. The molecule has 0 aromatic heterocycles. The second-order valence-electron chi connectivity index (χ2n) is 16.1. The van der Waals surface area contributed by atoms with Crippen LogP contribution < -0.4 is 16.4 Å². The molecule has 256 valence electrons. The van der Waals surface area contributed by atoms with E-state index in [4.69, 9.17) is 9.92 Å². The first-order valence-corrected chi connectivity index (χ1v) is 19.5. The van der Waals surface area contributed by atoms with Gasteiger partial charge in [0.1, 0.15) is 5.78 Å². The van der Waals surface area contributed by atoms with E-state index in [-0.39, 0.29) is 22.7 Å². The molecule has 4 saturated carbocycles. The van der Waals surface area contributed by atoms with E-state index in [1.165, 1.54) is 32.1 Å². The van der Waals surface area contributed by atoms with Crippen LogP contribution in [0.25, 0.3) is 0 Å². The van der Waals surface area contributed by atoms with E-state index in [0.717, 1.165) is 77.7 Å². The predicted octanol–water partition coefficient (Wildman–Crippen LogP) is 6.01. The number of carbonyl (C=O) groups is 1. The van der Waals surface area contributed by atoms with Gasteiger partial charge in [-0.3, -0.25) is 9.35 Å². The van der Waals surface area contributed by atoms with Crippen LogP contribution in [0.4, 0.5) is 0 Å². The Bertz CT molecular complexity index is 1040. The van der Waals surface area contributed by atoms with Gasteiger partial charge in [0.15, 0.2) is 0 Å². The summed E-state index contributed by atoms with van der Waals surface area (Å²) in [6.07, 6.45) is 13.5. The Morgan fingerprint density at radius 2 is 1.61 bits per heavy atom. The van der Waals surface area contributed by atoms with Crippen molar-refractivity contribution in [3.63, 3.8) is 0 Å². The summed E-state index contributed by atoms with van der Waals surface area (Å²) in [6, 6.07) is 0. The first kappa shape index (κ1) is 36.3. The monoisotopic (exact) mass is 639 g/mol. The highest BCUT2D eigenvalue weighted by Crippen LogP contribution is 2.68. The fourth-order valence-electron chi connectivity index (χ4n) is 10.6. The molecule has 4 aliphatic rings. The number of hydrogen-bond donors (Lipinski definition) is 4. The van der Waals surface area contributed by atoms with Gasteiger partial charge in [0.05, 0.1) is 6.10 Å². The molecule has 5 N–H and O–H groups in total. The van der Waals surface area contributed by atoms with Crippen LogP contribution in [-0.4, -0.2) is 57.6 Å². The molecule has 44 heavy (non-hydrogen) atoms. The Morgan fingerprint density at radius 1 is 0.932 bits per heavy atom. The number of carbonyl (C=O) groups excluding carboxylic acids is 1. The molecule has 0 aromatic rings. The Labute approximate surface area is 269 Å². The Kier molecular flexibility index (Phi) is 12.8. The summed E-state index contributed by atoms with van der Waals surface area (Å²) in [6.45, 7) is 16.2. The lowest BCUT2D eigenvalue weighted by atomic mass is 9.43. The summed E-state index contributed by atoms with van der Waals surface area (Å²) in [5.74, 6) is 3.92. The van der Waals surface area contributed by atoms with Crippen LogP contribution in [0.5, 0.6) is 0 Å². The molecule has 4 rings (SSSR count). The van der Waals surface area contributed by atoms with Gasteiger partial charge >= 0.3 is 10.4 Å². The number of nitrogens with two attached hydrogens (primary N) is 1. The van der Waals surface area contributed by atoms with Crippen molar-refractivity contribution in [1.82, 2.24) is 10.6 Å². The van der Waals surface area contributed by atoms with Crippen LogP contribution in [0.3, 0.4) is 0 Å². The van der Waals surface area contributed by atoms with Gasteiger partial charge in [-0.15, -0.1) is 0 Å². The van der Waals surface area contributed by atoms with Gasteiger partial charge in [0.2, 0.25) is 0 Å². The van der Waals surface area contributed by atoms with E-state index in [0.29, 0.717) is 47.7 Å². The van der Waals surface area contributed by atoms with Crippen LogP contribution in [0.1, 0.15) is 118 Å². The van der Waals surface area contributed by atoms with Crippen LogP contribution in [0.15, 0.2) is 0 Å². The zero-order chi connectivity index (χ0) is 32.1. The van der Waals surface area contributed by atoms with E-state index in [9.17, 15) is 17.8 Å². The van der Waals surface area contributed by atoms with E-state index in [1.807, 2.05) is 13.8 Å². The summed E-state index contributed by atoms with van der Waals surface area (Å²) in [7, 11) is -4.46. The summed E-state index contributed by atoms with van der Waals surface area (Å²) < 4.78 is 37.1. The summed E-state index contributed by atoms with van der Waals surface area (Å²) in [5.41, 5.74) is 6.01. The zero-order valence-electron chi connectivity index (χ0n) is 28.5. The molecule has 0 heterocycles. The number of hydrogen-bond acceptors (Lipinski definition) is 7. The second-order valence-corrected chi connectivity index (χ2v) is 17.2. The molecule has 9 heteroatoms. The number of fused-ring (bicyclic) bond motifs is 5. The van der Waals surface area contributed by atoms with Crippen LogP contribution >= 0.6 is 0 Å². The van der Waals surface area contributed by atoms with Crippen molar-refractivity contribution in [1.29, 1.82) is 0 Å². The molecule has 4 unspecified atom stereocenters. The van der Waals surface area contributed by atoms with Crippen molar-refractivity contribution in [2.24, 2.45) is 63.9 Å². The number of unbranched alkanes of at least 4 members (excludes halogenated alkanes) is 1. The molecule has 0 aliphatic heterocycles. The SMILES string of the molecule is CC(CC[C@@H](OS(=O)(=O)O)C(C)C)[C@H]1CCC2C3C(=O)C[C@H]4C[C@@H](CNCCCNCCCCN)CC[C@]4(C)C3CC[C@@]21C. The van der Waals surface area contributed by atoms with E-state index < -0.39 is 16.5 Å². The maximum absolute atomic E-state index is 14.0. The summed E-state index contributed by atoms with van der Waals surface area (Å²) in [5, 5.41) is 7.24. The van der Waals surface area contributed by atoms with E-state index >= 15 is 0 Å². The molecule has 8 nitrogen and oxygen atoms in total. The molecule has 0 radical (unpaired) electrons. The first-order chi connectivity index (χ1) is 20.8. The van der Waals surface area contributed by atoms with Gasteiger partial charge < -0.3 is 16.4 Å². The number of rotatable bonds is 17. The molecular formula is C35H65N3O5S. The largest absolute Gasteiger partial charge is 0.397 e. The maximum Gasteiger partial charge on any atom is 0.397 e. The number of ketones is 1. The fourth-order valence-corrected chi connectivity index (χ4v) is 11.3. The van der Waals surface area contributed by atoms with Crippen LogP contribution in [0.2, 0.25) is 0 Å². The summed E-state index contributed by atoms with van der Waals surface area (Å²) in [4.78, 5) is 14.0. The lowest BCUT2D eigenvalue weighted by molar-refractivity contribution is -0.158. The molecule has 4 aliphatic carbocycles. The summed E-state index contributed by atoms with van der Waals surface area (Å²) >= 11 is 0. The third-order valence-electron chi connectivity index (χ3n) is 13.2. The topological polar surface area (TPSA) is 131 Å². The Hall–Kier alpha value is -0.580. The highest BCUT2D eigenvalue weighted by molar-refractivity contribution is 7.80. The van der Waals surface area contributed by atoms with Crippen molar-refractivity contribution in [3.8, 4) is 0 Å². The average Bonchev–Trinajstić information content (AvgIpc) is 3.31. The lowest BCUT2D eigenvalue weighted by Crippen LogP contribution is -2.57. The average molecular weight is 640 g/mol. The van der Waals surface area contributed by atoms with Gasteiger partial charge in [-0.25, -0.2) is 4.18 Å². The molecule has 0 amide bonds. The minimum atomic E-state index is -4.46. The molecule has 0 aromatic carbocycles. The van der Waals surface area contributed by atoms with Crippen molar-refractivity contribution in [2.45, 2.75) is 124 Å². The molecule has 0 saturated heterocycles. The molecular weight excluding hydrogens is 574 g/mol. The Balaban J connectivity index is 1.30. The fraction of sp³-hybridized carbons (Fsp3) is 0.971. The molecule has 4 fully saturated rings. The van der Waals surface area contributed by atoms with E-state index in [1.54, 1.807) is 0 Å². The van der Waals surface area contributed by atoms with Crippen LogP contribution in [0, 0.1) is 58.2 Å². The van der Waals surface area contributed by atoms with Gasteiger partial charge in [-0.2, -0.15) is 8.42 Å². The molecule has 10 atom stereocenters. The minimum Gasteiger partial charge on any atom is -0.330 e. The normalized spacial score (nSPS) is 37.0. The molecule has 0 spiro atoms. The predicted molar refractivity (Wildman–Crippen MR) is 177 cm³/mol. The van der Waals surface area contributed by atoms with Gasteiger partial charge in [0, 0.05) is 12.3 Å². The zero-order valence-corrected chi connectivity index (χ0v) is 29.3. The highest BCUT2D eigenvalue weighted by atomic mass is 32.3.